The third-order valence-corrected chi connectivity index (χ3v) is 3.27. The van der Waals surface area contributed by atoms with Gasteiger partial charge in [0.25, 0.3) is 0 Å². The highest BCUT2D eigenvalue weighted by molar-refractivity contribution is 9.10. The number of nitrogens with zero attached hydrogens (tertiary/aromatic N) is 2. The van der Waals surface area contributed by atoms with Crippen molar-refractivity contribution in [2.45, 2.75) is 13.0 Å². The number of rotatable bonds is 2. The van der Waals surface area contributed by atoms with Crippen molar-refractivity contribution >= 4 is 15.9 Å². The lowest BCUT2D eigenvalue weighted by molar-refractivity contribution is 0.655. The SMILES string of the molecule is CC(N)c1c(-c2ccccc2Br)cnn1C. The summed E-state index contributed by atoms with van der Waals surface area (Å²) in [5.41, 5.74) is 9.23. The average Bonchev–Trinajstić information content (AvgIpc) is 2.61. The Morgan fingerprint density at radius 3 is 2.62 bits per heavy atom. The number of aryl methyl sites for hydroxylation is 1. The topological polar surface area (TPSA) is 43.8 Å². The van der Waals surface area contributed by atoms with Gasteiger partial charge in [-0.3, -0.25) is 4.68 Å². The summed E-state index contributed by atoms with van der Waals surface area (Å²) < 4.78 is 2.89. The Hall–Kier alpha value is -1.13. The summed E-state index contributed by atoms with van der Waals surface area (Å²) in [5, 5.41) is 4.27. The highest BCUT2D eigenvalue weighted by Crippen LogP contribution is 2.32. The van der Waals surface area contributed by atoms with E-state index in [4.69, 9.17) is 5.73 Å². The average molecular weight is 280 g/mol. The molecule has 1 aromatic carbocycles. The van der Waals surface area contributed by atoms with Gasteiger partial charge in [-0.15, -0.1) is 0 Å². The van der Waals surface area contributed by atoms with Gasteiger partial charge in [-0.1, -0.05) is 34.1 Å². The molecule has 0 amide bonds. The second-order valence-electron chi connectivity index (χ2n) is 3.84. The first kappa shape index (κ1) is 11.4. The van der Waals surface area contributed by atoms with Gasteiger partial charge < -0.3 is 5.73 Å². The third kappa shape index (κ3) is 1.90. The lowest BCUT2D eigenvalue weighted by Crippen LogP contribution is -2.11. The zero-order valence-electron chi connectivity index (χ0n) is 9.31. The van der Waals surface area contributed by atoms with E-state index >= 15 is 0 Å². The van der Waals surface area contributed by atoms with Crippen LogP contribution in [0.15, 0.2) is 34.9 Å². The summed E-state index contributed by atoms with van der Waals surface area (Å²) in [6, 6.07) is 8.06. The van der Waals surface area contributed by atoms with Crippen molar-refractivity contribution in [2.75, 3.05) is 0 Å². The zero-order chi connectivity index (χ0) is 11.7. The number of hydrogen-bond acceptors (Lipinski definition) is 2. The highest BCUT2D eigenvalue weighted by Gasteiger charge is 2.15. The normalized spacial score (nSPS) is 12.8. The van der Waals surface area contributed by atoms with Gasteiger partial charge in [-0.25, -0.2) is 0 Å². The first-order valence-corrected chi connectivity index (χ1v) is 5.93. The van der Waals surface area contributed by atoms with Crippen LogP contribution in [-0.2, 0) is 7.05 Å². The smallest absolute Gasteiger partial charge is 0.0624 e. The highest BCUT2D eigenvalue weighted by atomic mass is 79.9. The molecule has 1 aromatic heterocycles. The van der Waals surface area contributed by atoms with E-state index in [9.17, 15) is 0 Å². The summed E-state index contributed by atoms with van der Waals surface area (Å²) in [6.07, 6.45) is 1.86. The van der Waals surface area contributed by atoms with E-state index in [0.717, 1.165) is 21.3 Å². The Morgan fingerprint density at radius 1 is 1.31 bits per heavy atom. The molecule has 0 saturated carbocycles. The molecule has 0 saturated heterocycles. The minimum Gasteiger partial charge on any atom is -0.323 e. The molecule has 0 radical (unpaired) electrons. The van der Waals surface area contributed by atoms with Crippen LogP contribution in [0.25, 0.3) is 11.1 Å². The summed E-state index contributed by atoms with van der Waals surface area (Å²) in [6.45, 7) is 1.97. The first-order chi connectivity index (χ1) is 7.61. The number of hydrogen-bond donors (Lipinski definition) is 1. The van der Waals surface area contributed by atoms with Gasteiger partial charge in [-0.2, -0.15) is 5.10 Å². The van der Waals surface area contributed by atoms with Gasteiger partial charge in [0.05, 0.1) is 11.9 Å². The van der Waals surface area contributed by atoms with Crippen LogP contribution in [0.5, 0.6) is 0 Å². The molecular weight excluding hydrogens is 266 g/mol. The summed E-state index contributed by atoms with van der Waals surface area (Å²) >= 11 is 3.55. The molecule has 1 atom stereocenters. The van der Waals surface area contributed by atoms with Crippen LogP contribution >= 0.6 is 15.9 Å². The molecule has 2 rings (SSSR count). The van der Waals surface area contributed by atoms with E-state index in [2.05, 4.69) is 27.1 Å². The molecule has 0 spiro atoms. The van der Waals surface area contributed by atoms with Gasteiger partial charge in [0.2, 0.25) is 0 Å². The molecule has 0 bridgehead atoms. The molecule has 0 aliphatic rings. The Labute approximate surface area is 103 Å². The van der Waals surface area contributed by atoms with Crippen LogP contribution in [0.1, 0.15) is 18.7 Å². The van der Waals surface area contributed by atoms with Crippen LogP contribution in [0.2, 0.25) is 0 Å². The standard InChI is InChI=1S/C12H14BrN3/c1-8(14)12-10(7-15-16(12)2)9-5-3-4-6-11(9)13/h3-8H,14H2,1-2H3. The zero-order valence-corrected chi connectivity index (χ0v) is 10.9. The number of aromatic nitrogens is 2. The molecule has 2 N–H and O–H groups in total. The summed E-state index contributed by atoms with van der Waals surface area (Å²) in [4.78, 5) is 0. The predicted molar refractivity (Wildman–Crippen MR) is 68.9 cm³/mol. The summed E-state index contributed by atoms with van der Waals surface area (Å²) in [5.74, 6) is 0. The van der Waals surface area contributed by atoms with E-state index in [0.29, 0.717) is 0 Å². The largest absolute Gasteiger partial charge is 0.323 e. The van der Waals surface area contributed by atoms with Gasteiger partial charge in [0.15, 0.2) is 0 Å². The maximum Gasteiger partial charge on any atom is 0.0624 e. The molecule has 3 nitrogen and oxygen atoms in total. The molecular formula is C12H14BrN3. The van der Waals surface area contributed by atoms with Crippen LogP contribution in [0.4, 0.5) is 0 Å². The quantitative estimate of drug-likeness (QED) is 0.919. The fourth-order valence-electron chi connectivity index (χ4n) is 1.87. The van der Waals surface area contributed by atoms with Crippen molar-refractivity contribution in [1.29, 1.82) is 0 Å². The molecule has 16 heavy (non-hydrogen) atoms. The second-order valence-corrected chi connectivity index (χ2v) is 4.69. The first-order valence-electron chi connectivity index (χ1n) is 5.13. The van der Waals surface area contributed by atoms with E-state index < -0.39 is 0 Å². The molecule has 1 heterocycles. The van der Waals surface area contributed by atoms with Crippen LogP contribution in [-0.4, -0.2) is 9.78 Å². The Bertz CT molecular complexity index is 503. The third-order valence-electron chi connectivity index (χ3n) is 2.58. The monoisotopic (exact) mass is 279 g/mol. The number of halogens is 1. The van der Waals surface area contributed by atoms with E-state index in [1.165, 1.54) is 0 Å². The van der Waals surface area contributed by atoms with Crippen molar-refractivity contribution in [3.8, 4) is 11.1 Å². The fraction of sp³-hybridized carbons (Fsp3) is 0.250. The molecule has 2 aromatic rings. The van der Waals surface area contributed by atoms with Crippen LogP contribution < -0.4 is 5.73 Å². The minimum absolute atomic E-state index is 0.0328. The van der Waals surface area contributed by atoms with Crippen LogP contribution in [0, 0.1) is 0 Å². The van der Waals surface area contributed by atoms with Crippen LogP contribution in [0.3, 0.4) is 0 Å². The lowest BCUT2D eigenvalue weighted by Gasteiger charge is -2.10. The summed E-state index contributed by atoms with van der Waals surface area (Å²) in [7, 11) is 1.92. The molecule has 0 fully saturated rings. The van der Waals surface area contributed by atoms with Gasteiger partial charge in [0.1, 0.15) is 0 Å². The maximum absolute atomic E-state index is 5.97. The van der Waals surface area contributed by atoms with Crippen molar-refractivity contribution in [2.24, 2.45) is 12.8 Å². The van der Waals surface area contributed by atoms with E-state index in [1.54, 1.807) is 0 Å². The Kier molecular flexibility index (Phi) is 3.12. The number of nitrogens with two attached hydrogens (primary N) is 1. The second kappa shape index (κ2) is 4.39. The molecule has 1 unspecified atom stereocenters. The number of benzene rings is 1. The van der Waals surface area contributed by atoms with Gasteiger partial charge in [-0.05, 0) is 18.6 Å². The van der Waals surface area contributed by atoms with E-state index in [1.807, 2.05) is 43.0 Å². The molecule has 4 heteroatoms. The van der Waals surface area contributed by atoms with E-state index in [-0.39, 0.29) is 6.04 Å². The minimum atomic E-state index is -0.0328. The van der Waals surface area contributed by atoms with Crippen molar-refractivity contribution in [3.05, 3.63) is 40.6 Å². The molecule has 0 aliphatic carbocycles. The Morgan fingerprint density at radius 2 is 2.00 bits per heavy atom. The predicted octanol–water partition coefficient (Wildman–Crippen LogP) is 2.87. The lowest BCUT2D eigenvalue weighted by atomic mass is 10.0. The molecule has 0 aliphatic heterocycles. The van der Waals surface area contributed by atoms with Crippen molar-refractivity contribution < 1.29 is 0 Å². The van der Waals surface area contributed by atoms with Crippen molar-refractivity contribution in [3.63, 3.8) is 0 Å². The van der Waals surface area contributed by atoms with Crippen molar-refractivity contribution in [1.82, 2.24) is 9.78 Å². The maximum atomic E-state index is 5.97. The van der Waals surface area contributed by atoms with Gasteiger partial charge in [0, 0.05) is 23.1 Å². The van der Waals surface area contributed by atoms with Gasteiger partial charge >= 0.3 is 0 Å². The fourth-order valence-corrected chi connectivity index (χ4v) is 2.37. The Balaban J connectivity index is 2.61. The molecule has 84 valence electrons.